The third-order valence-electron chi connectivity index (χ3n) is 4.76. The van der Waals surface area contributed by atoms with Crippen molar-refractivity contribution in [3.8, 4) is 0 Å². The van der Waals surface area contributed by atoms with Crippen molar-refractivity contribution in [2.45, 2.75) is 31.6 Å². The van der Waals surface area contributed by atoms with Crippen molar-refractivity contribution >= 4 is 21.7 Å². The highest BCUT2D eigenvalue weighted by Gasteiger charge is 2.17. The lowest BCUT2D eigenvalue weighted by molar-refractivity contribution is 0.0695. The minimum Gasteiger partial charge on any atom is -0.478 e. The third kappa shape index (κ3) is 5.03. The van der Waals surface area contributed by atoms with E-state index in [0.29, 0.717) is 29.7 Å². The fraction of sp³-hybridized carbons (Fsp3) is 0.174. The normalized spacial score (nSPS) is 11.2. The molecule has 0 aliphatic heterocycles. The number of carbonyl (C=O) groups is 1. The second-order valence-corrected chi connectivity index (χ2v) is 8.68. The maximum atomic E-state index is 12.7. The summed E-state index contributed by atoms with van der Waals surface area (Å²) < 4.78 is 27.9. The monoisotopic (exact) mass is 409 g/mol. The van der Waals surface area contributed by atoms with Gasteiger partial charge in [0.1, 0.15) is 0 Å². The molecule has 0 aliphatic carbocycles. The van der Waals surface area contributed by atoms with E-state index in [1.807, 2.05) is 37.3 Å². The molecule has 0 spiro atoms. The number of rotatable bonds is 7. The second kappa shape index (κ2) is 8.49. The summed E-state index contributed by atoms with van der Waals surface area (Å²) in [6.07, 6.45) is 1.25. The lowest BCUT2D eigenvalue weighted by atomic mass is 10.00. The summed E-state index contributed by atoms with van der Waals surface area (Å²) in [7, 11) is -3.66. The van der Waals surface area contributed by atoms with Crippen LogP contribution in [0.1, 0.15) is 32.6 Å². The van der Waals surface area contributed by atoms with Crippen molar-refractivity contribution < 1.29 is 18.3 Å². The Labute approximate surface area is 171 Å². The topological polar surface area (TPSA) is 83.5 Å². The Morgan fingerprint density at radius 3 is 2.28 bits per heavy atom. The number of nitrogens with one attached hydrogen (secondary N) is 1. The van der Waals surface area contributed by atoms with Crippen LogP contribution in [0.15, 0.2) is 71.6 Å². The van der Waals surface area contributed by atoms with Gasteiger partial charge in [0.25, 0.3) is 10.0 Å². The van der Waals surface area contributed by atoms with Gasteiger partial charge in [-0.2, -0.15) is 0 Å². The van der Waals surface area contributed by atoms with E-state index in [9.17, 15) is 18.3 Å². The summed E-state index contributed by atoms with van der Waals surface area (Å²) in [5.41, 5.74) is 4.28. The fourth-order valence-electron chi connectivity index (χ4n) is 3.28. The lowest BCUT2D eigenvalue weighted by Crippen LogP contribution is -2.14. The summed E-state index contributed by atoms with van der Waals surface area (Å²) in [6.45, 7) is 3.70. The van der Waals surface area contributed by atoms with Gasteiger partial charge in [-0.1, -0.05) is 48.0 Å². The molecule has 3 rings (SSSR count). The predicted octanol–water partition coefficient (Wildman–Crippen LogP) is 4.59. The van der Waals surface area contributed by atoms with Crippen LogP contribution in [0.2, 0.25) is 0 Å². The molecule has 0 saturated carbocycles. The number of aryl methyl sites for hydroxylation is 4. The first-order valence-electron chi connectivity index (χ1n) is 9.26. The summed E-state index contributed by atoms with van der Waals surface area (Å²) in [5, 5.41) is 9.27. The molecular formula is C23H23NO4S. The maximum Gasteiger partial charge on any atom is 0.335 e. The van der Waals surface area contributed by atoms with Crippen molar-refractivity contribution in [3.63, 3.8) is 0 Å². The van der Waals surface area contributed by atoms with Crippen LogP contribution in [0.25, 0.3) is 0 Å². The quantitative estimate of drug-likeness (QED) is 0.598. The third-order valence-corrected chi connectivity index (χ3v) is 6.30. The number of carboxylic acids is 1. The molecule has 0 bridgehead atoms. The Balaban J connectivity index is 1.70. The van der Waals surface area contributed by atoms with Gasteiger partial charge in [0, 0.05) is 5.69 Å². The Kier molecular flexibility index (Phi) is 6.03. The first kappa shape index (κ1) is 20.6. The molecule has 3 aromatic carbocycles. The predicted molar refractivity (Wildman–Crippen MR) is 114 cm³/mol. The van der Waals surface area contributed by atoms with E-state index in [2.05, 4.69) is 4.72 Å². The molecule has 0 amide bonds. The van der Waals surface area contributed by atoms with Gasteiger partial charge in [0.05, 0.1) is 10.5 Å². The van der Waals surface area contributed by atoms with Gasteiger partial charge < -0.3 is 5.11 Å². The van der Waals surface area contributed by atoms with Crippen molar-refractivity contribution in [2.75, 3.05) is 4.72 Å². The number of sulfonamides is 1. The van der Waals surface area contributed by atoms with Crippen LogP contribution in [0.5, 0.6) is 0 Å². The van der Waals surface area contributed by atoms with E-state index in [0.717, 1.165) is 16.7 Å². The molecular weight excluding hydrogens is 386 g/mol. The van der Waals surface area contributed by atoms with Gasteiger partial charge in [-0.05, 0) is 67.6 Å². The van der Waals surface area contributed by atoms with Gasteiger partial charge in [-0.25, -0.2) is 13.2 Å². The number of aromatic carboxylic acids is 1. The molecule has 6 heteroatoms. The van der Waals surface area contributed by atoms with Gasteiger partial charge in [0.2, 0.25) is 0 Å². The van der Waals surface area contributed by atoms with E-state index < -0.39 is 16.0 Å². The fourth-order valence-corrected chi connectivity index (χ4v) is 4.56. The molecule has 0 fully saturated rings. The van der Waals surface area contributed by atoms with Crippen LogP contribution in [0.4, 0.5) is 5.69 Å². The van der Waals surface area contributed by atoms with Crippen molar-refractivity contribution in [1.82, 2.24) is 0 Å². The van der Waals surface area contributed by atoms with Crippen LogP contribution >= 0.6 is 0 Å². The van der Waals surface area contributed by atoms with Gasteiger partial charge >= 0.3 is 5.97 Å². The highest BCUT2D eigenvalue weighted by Crippen LogP contribution is 2.21. The molecule has 29 heavy (non-hydrogen) atoms. The molecule has 0 radical (unpaired) electrons. The smallest absolute Gasteiger partial charge is 0.335 e. The highest BCUT2D eigenvalue weighted by atomic mass is 32.2. The first-order chi connectivity index (χ1) is 13.8. The maximum absolute atomic E-state index is 12.7. The Morgan fingerprint density at radius 1 is 0.931 bits per heavy atom. The van der Waals surface area contributed by atoms with Crippen LogP contribution in [-0.4, -0.2) is 19.5 Å². The van der Waals surface area contributed by atoms with Crippen molar-refractivity contribution in [3.05, 3.63) is 94.5 Å². The number of benzene rings is 3. The highest BCUT2D eigenvalue weighted by molar-refractivity contribution is 7.92. The zero-order chi connectivity index (χ0) is 21.0. The van der Waals surface area contributed by atoms with Crippen molar-refractivity contribution in [1.29, 1.82) is 0 Å². The summed E-state index contributed by atoms with van der Waals surface area (Å²) in [5.74, 6) is -0.934. The average molecular weight is 410 g/mol. The molecule has 150 valence electrons. The Bertz CT molecular complexity index is 1140. The molecule has 3 aromatic rings. The lowest BCUT2D eigenvalue weighted by Gasteiger charge is -2.12. The van der Waals surface area contributed by atoms with Gasteiger partial charge in [-0.15, -0.1) is 0 Å². The molecule has 0 heterocycles. The zero-order valence-corrected chi connectivity index (χ0v) is 17.2. The number of hydrogen-bond acceptors (Lipinski definition) is 3. The number of hydrogen-bond donors (Lipinski definition) is 2. The zero-order valence-electron chi connectivity index (χ0n) is 16.3. The Morgan fingerprint density at radius 2 is 1.62 bits per heavy atom. The molecule has 2 N–H and O–H groups in total. The van der Waals surface area contributed by atoms with Crippen LogP contribution in [0.3, 0.4) is 0 Å². The SMILES string of the molecule is Cc1ccc(S(=O)(=O)Nc2ccc(CCc3ccccc3C(=O)O)cc2)c(C)c1. The Hall–Kier alpha value is -3.12. The summed E-state index contributed by atoms with van der Waals surface area (Å²) in [6, 6.07) is 19.3. The van der Waals surface area contributed by atoms with Crippen LogP contribution in [0, 0.1) is 13.8 Å². The van der Waals surface area contributed by atoms with Gasteiger partial charge in [0.15, 0.2) is 0 Å². The number of anilines is 1. The van der Waals surface area contributed by atoms with E-state index in [-0.39, 0.29) is 4.90 Å². The molecule has 0 aliphatic rings. The molecule has 0 unspecified atom stereocenters. The minimum absolute atomic E-state index is 0.262. The van der Waals surface area contributed by atoms with Gasteiger partial charge in [-0.3, -0.25) is 4.72 Å². The largest absolute Gasteiger partial charge is 0.478 e. The molecule has 0 aromatic heterocycles. The standard InChI is InChI=1S/C23H23NO4S/c1-16-7-14-22(17(2)15-16)29(27,28)24-20-12-9-18(10-13-20)8-11-19-5-3-4-6-21(19)23(25)26/h3-7,9-10,12-15,24H,8,11H2,1-2H3,(H,25,26). The number of carboxylic acid groups (broad SMARTS) is 1. The second-order valence-electron chi connectivity index (χ2n) is 7.03. The van der Waals surface area contributed by atoms with Crippen molar-refractivity contribution in [2.24, 2.45) is 0 Å². The minimum atomic E-state index is -3.66. The first-order valence-corrected chi connectivity index (χ1v) is 10.7. The van der Waals surface area contributed by atoms with E-state index >= 15 is 0 Å². The van der Waals surface area contributed by atoms with E-state index in [4.69, 9.17) is 0 Å². The summed E-state index contributed by atoms with van der Waals surface area (Å²) >= 11 is 0. The molecule has 5 nitrogen and oxygen atoms in total. The van der Waals surface area contributed by atoms with E-state index in [1.165, 1.54) is 0 Å². The van der Waals surface area contributed by atoms with Crippen LogP contribution < -0.4 is 4.72 Å². The summed E-state index contributed by atoms with van der Waals surface area (Å²) in [4.78, 5) is 11.6. The average Bonchev–Trinajstić information content (AvgIpc) is 2.67. The van der Waals surface area contributed by atoms with Crippen LogP contribution in [-0.2, 0) is 22.9 Å². The molecule has 0 atom stereocenters. The van der Waals surface area contributed by atoms with E-state index in [1.54, 1.807) is 43.3 Å². The molecule has 0 saturated heterocycles.